The summed E-state index contributed by atoms with van der Waals surface area (Å²) in [5, 5.41) is 5.56. The highest BCUT2D eigenvalue weighted by molar-refractivity contribution is 7.17. The van der Waals surface area contributed by atoms with Crippen LogP contribution >= 0.6 is 11.3 Å². The smallest absolute Gasteiger partial charge is 0.341 e. The molecule has 1 unspecified atom stereocenters. The molecule has 7 nitrogen and oxygen atoms in total. The molecule has 2 heterocycles. The van der Waals surface area contributed by atoms with Crippen LogP contribution < -0.4 is 10.6 Å². The molecule has 1 fully saturated rings. The van der Waals surface area contributed by atoms with Crippen molar-refractivity contribution >= 4 is 34.1 Å². The predicted molar refractivity (Wildman–Crippen MR) is 92.9 cm³/mol. The summed E-state index contributed by atoms with van der Waals surface area (Å²) < 4.78 is 10.3. The summed E-state index contributed by atoms with van der Waals surface area (Å²) in [6.45, 7) is 1.01. The van der Waals surface area contributed by atoms with Crippen molar-refractivity contribution in [3.05, 3.63) is 16.0 Å². The van der Waals surface area contributed by atoms with E-state index in [1.807, 2.05) is 0 Å². The molecule has 0 bridgehead atoms. The third-order valence-corrected chi connectivity index (χ3v) is 5.72. The number of amides is 2. The molecule has 0 radical (unpaired) electrons. The van der Waals surface area contributed by atoms with Crippen molar-refractivity contribution in [3.63, 3.8) is 0 Å². The van der Waals surface area contributed by atoms with E-state index in [0.717, 1.165) is 49.0 Å². The number of nitrogens with one attached hydrogen (secondary N) is 2. The van der Waals surface area contributed by atoms with Gasteiger partial charge in [0.05, 0.1) is 18.8 Å². The van der Waals surface area contributed by atoms with E-state index in [0.29, 0.717) is 23.7 Å². The van der Waals surface area contributed by atoms with Crippen LogP contribution in [0.2, 0.25) is 0 Å². The first-order valence-electron chi connectivity index (χ1n) is 8.53. The molecule has 1 aliphatic heterocycles. The van der Waals surface area contributed by atoms with Crippen molar-refractivity contribution in [2.24, 2.45) is 0 Å². The van der Waals surface area contributed by atoms with Gasteiger partial charge in [-0.1, -0.05) is 0 Å². The first-order valence-corrected chi connectivity index (χ1v) is 9.35. The van der Waals surface area contributed by atoms with Gasteiger partial charge in [-0.25, -0.2) is 4.79 Å². The minimum atomic E-state index is -0.776. The van der Waals surface area contributed by atoms with Gasteiger partial charge in [-0.05, 0) is 44.1 Å². The van der Waals surface area contributed by atoms with Gasteiger partial charge in [0.25, 0.3) is 0 Å². The fourth-order valence-electron chi connectivity index (χ4n) is 3.22. The summed E-state index contributed by atoms with van der Waals surface area (Å²) in [7, 11) is 1.31. The lowest BCUT2D eigenvalue weighted by molar-refractivity contribution is -0.136. The number of hydrogen-bond acceptors (Lipinski definition) is 6. The topological polar surface area (TPSA) is 93.7 Å². The molecular formula is C17H22N2O5S. The molecule has 2 N–H and O–H groups in total. The van der Waals surface area contributed by atoms with Crippen molar-refractivity contribution in [2.45, 2.75) is 44.6 Å². The van der Waals surface area contributed by atoms with Crippen LogP contribution in [0.15, 0.2) is 0 Å². The van der Waals surface area contributed by atoms with E-state index in [2.05, 4.69) is 10.6 Å². The fraction of sp³-hybridized carbons (Fsp3) is 0.588. The summed E-state index contributed by atoms with van der Waals surface area (Å²) >= 11 is 1.36. The molecule has 0 saturated carbocycles. The SMILES string of the molecule is COC(=O)c1c(NC(=O)C(=O)NCC2CCCO2)sc2c1CCCC2. The molecule has 1 saturated heterocycles. The Morgan fingerprint density at radius 2 is 2.00 bits per heavy atom. The molecule has 2 aliphatic rings. The van der Waals surface area contributed by atoms with Crippen molar-refractivity contribution in [3.8, 4) is 0 Å². The zero-order valence-electron chi connectivity index (χ0n) is 14.2. The van der Waals surface area contributed by atoms with E-state index in [1.165, 1.54) is 18.4 Å². The van der Waals surface area contributed by atoms with Gasteiger partial charge >= 0.3 is 17.8 Å². The molecule has 1 atom stereocenters. The molecule has 0 spiro atoms. The largest absolute Gasteiger partial charge is 0.465 e. The number of hydrogen-bond donors (Lipinski definition) is 2. The Hall–Kier alpha value is -1.93. The van der Waals surface area contributed by atoms with Gasteiger partial charge in [0, 0.05) is 18.0 Å². The van der Waals surface area contributed by atoms with Crippen molar-refractivity contribution in [1.29, 1.82) is 0 Å². The highest BCUT2D eigenvalue weighted by atomic mass is 32.1. The second-order valence-electron chi connectivity index (χ2n) is 6.21. The second-order valence-corrected chi connectivity index (χ2v) is 7.31. The monoisotopic (exact) mass is 366 g/mol. The molecule has 25 heavy (non-hydrogen) atoms. The van der Waals surface area contributed by atoms with Crippen LogP contribution in [0.4, 0.5) is 5.00 Å². The van der Waals surface area contributed by atoms with Gasteiger partial charge in [0.2, 0.25) is 0 Å². The molecule has 136 valence electrons. The Bertz CT molecular complexity index is 679. The standard InChI is InChI=1S/C17H22N2O5S/c1-23-17(22)13-11-6-2-3-7-12(11)25-16(13)19-15(21)14(20)18-9-10-5-4-8-24-10/h10H,2-9H2,1H3,(H,18,20)(H,19,21). The number of carbonyl (C=O) groups is 3. The maximum absolute atomic E-state index is 12.2. The van der Waals surface area contributed by atoms with E-state index < -0.39 is 17.8 Å². The Morgan fingerprint density at radius 1 is 1.20 bits per heavy atom. The summed E-state index contributed by atoms with van der Waals surface area (Å²) in [6, 6.07) is 0. The Kier molecular flexibility index (Phi) is 5.70. The van der Waals surface area contributed by atoms with Crippen LogP contribution in [-0.2, 0) is 31.9 Å². The van der Waals surface area contributed by atoms with Crippen LogP contribution in [0.1, 0.15) is 46.5 Å². The number of aryl methyl sites for hydroxylation is 1. The van der Waals surface area contributed by atoms with Crippen molar-refractivity contribution in [1.82, 2.24) is 5.32 Å². The minimum absolute atomic E-state index is 0.0311. The summed E-state index contributed by atoms with van der Waals surface area (Å²) in [6.07, 6.45) is 5.55. The van der Waals surface area contributed by atoms with Crippen molar-refractivity contribution < 1.29 is 23.9 Å². The molecule has 1 aromatic rings. The van der Waals surface area contributed by atoms with Gasteiger partial charge in [0.1, 0.15) is 5.00 Å². The maximum atomic E-state index is 12.2. The molecular weight excluding hydrogens is 344 g/mol. The summed E-state index contributed by atoms with van der Waals surface area (Å²) in [5.74, 6) is -1.98. The Labute approximate surface area is 150 Å². The second kappa shape index (κ2) is 7.97. The third-order valence-electron chi connectivity index (χ3n) is 4.51. The number of rotatable bonds is 4. The number of ether oxygens (including phenoxy) is 2. The molecule has 1 aromatic heterocycles. The van der Waals surface area contributed by atoms with E-state index in [9.17, 15) is 14.4 Å². The average Bonchev–Trinajstić information content (AvgIpc) is 3.26. The third kappa shape index (κ3) is 4.01. The van der Waals surface area contributed by atoms with Gasteiger partial charge in [-0.3, -0.25) is 9.59 Å². The quantitative estimate of drug-likeness (QED) is 0.624. The highest BCUT2D eigenvalue weighted by Gasteiger charge is 2.28. The van der Waals surface area contributed by atoms with Crippen LogP contribution in [-0.4, -0.2) is 44.1 Å². The van der Waals surface area contributed by atoms with Crippen LogP contribution in [0.5, 0.6) is 0 Å². The van der Waals surface area contributed by atoms with Crippen LogP contribution in [0.25, 0.3) is 0 Å². The zero-order valence-corrected chi connectivity index (χ0v) is 15.0. The molecule has 0 aromatic carbocycles. The van der Waals surface area contributed by atoms with E-state index >= 15 is 0 Å². The average molecular weight is 366 g/mol. The van der Waals surface area contributed by atoms with Gasteiger partial charge in [-0.2, -0.15) is 0 Å². The molecule has 3 rings (SSSR count). The number of methoxy groups -OCH3 is 1. The highest BCUT2D eigenvalue weighted by Crippen LogP contribution is 2.38. The first-order chi connectivity index (χ1) is 12.1. The number of carbonyl (C=O) groups excluding carboxylic acids is 3. The molecule has 8 heteroatoms. The maximum Gasteiger partial charge on any atom is 0.341 e. The lowest BCUT2D eigenvalue weighted by atomic mass is 9.95. The summed E-state index contributed by atoms with van der Waals surface area (Å²) in [5.41, 5.74) is 1.33. The fourth-order valence-corrected chi connectivity index (χ4v) is 4.50. The normalized spacial score (nSPS) is 19.2. The Morgan fingerprint density at radius 3 is 2.72 bits per heavy atom. The van der Waals surface area contributed by atoms with Gasteiger partial charge in [0.15, 0.2) is 0 Å². The van der Waals surface area contributed by atoms with Crippen LogP contribution in [0.3, 0.4) is 0 Å². The number of thiophene rings is 1. The van der Waals surface area contributed by atoms with Crippen LogP contribution in [0, 0.1) is 0 Å². The lowest BCUT2D eigenvalue weighted by Gasteiger charge is -2.12. The van der Waals surface area contributed by atoms with Crippen molar-refractivity contribution in [2.75, 3.05) is 25.6 Å². The Balaban J connectivity index is 1.68. The van der Waals surface area contributed by atoms with E-state index in [4.69, 9.17) is 9.47 Å². The zero-order chi connectivity index (χ0) is 17.8. The van der Waals surface area contributed by atoms with E-state index in [-0.39, 0.29) is 6.10 Å². The predicted octanol–water partition coefficient (Wildman–Crippen LogP) is 1.65. The number of anilines is 1. The van der Waals surface area contributed by atoms with Gasteiger partial charge < -0.3 is 20.1 Å². The minimum Gasteiger partial charge on any atom is -0.465 e. The number of fused-ring (bicyclic) bond motifs is 1. The summed E-state index contributed by atoms with van der Waals surface area (Å²) in [4.78, 5) is 37.4. The van der Waals surface area contributed by atoms with Gasteiger partial charge in [-0.15, -0.1) is 11.3 Å². The lowest BCUT2D eigenvalue weighted by Crippen LogP contribution is -2.39. The molecule has 2 amide bonds. The van der Waals surface area contributed by atoms with E-state index in [1.54, 1.807) is 0 Å². The molecule has 1 aliphatic carbocycles. The first kappa shape index (κ1) is 17.9. The number of esters is 1.